The van der Waals surface area contributed by atoms with Gasteiger partial charge in [-0.3, -0.25) is 4.79 Å². The van der Waals surface area contributed by atoms with Crippen molar-refractivity contribution in [1.82, 2.24) is 5.32 Å². The molecule has 0 bridgehead atoms. The van der Waals surface area contributed by atoms with Gasteiger partial charge in [0.25, 0.3) is 0 Å². The van der Waals surface area contributed by atoms with Gasteiger partial charge in [0.05, 0.1) is 5.69 Å². The van der Waals surface area contributed by atoms with Gasteiger partial charge in [0.2, 0.25) is 5.91 Å². The average molecular weight is 500 g/mol. The fraction of sp³-hybridized carbons (Fsp3) is 0.259. The number of nitrogens with one attached hydrogen (secondary N) is 2. The number of amides is 3. The number of anilines is 1. The molecule has 6 nitrogen and oxygen atoms in total. The number of aryl methyl sites for hydroxylation is 1. The van der Waals surface area contributed by atoms with Gasteiger partial charge >= 0.3 is 6.03 Å². The molecule has 2 aliphatic rings. The Morgan fingerprint density at radius 1 is 1.14 bits per heavy atom. The summed E-state index contributed by atoms with van der Waals surface area (Å²) in [5.41, 5.74) is 8.88. The highest BCUT2D eigenvalue weighted by Crippen LogP contribution is 2.36. The van der Waals surface area contributed by atoms with Crippen LogP contribution in [0.5, 0.6) is 5.75 Å². The molecule has 2 aromatic rings. The summed E-state index contributed by atoms with van der Waals surface area (Å²) in [4.78, 5) is 21.7. The maximum absolute atomic E-state index is 12.7. The molecule has 2 aromatic carbocycles. The second kappa shape index (κ2) is 11.6. The monoisotopic (exact) mass is 499 g/mol. The van der Waals surface area contributed by atoms with Crippen LogP contribution >= 0.6 is 0 Å². The quantitative estimate of drug-likeness (QED) is 0.269. The summed E-state index contributed by atoms with van der Waals surface area (Å²) < 4.78 is 43.7. The first kappa shape index (κ1) is 26.6. The van der Waals surface area contributed by atoms with E-state index in [1.807, 2.05) is 19.1 Å². The van der Waals surface area contributed by atoms with E-state index >= 15 is 0 Å². The van der Waals surface area contributed by atoms with Gasteiger partial charge in [0.1, 0.15) is 17.3 Å². The molecule has 4 N–H and O–H groups in total. The average Bonchev–Trinajstić information content (AvgIpc) is 3.17. The number of allylic oxidation sites excluding steroid dienone is 4. The van der Waals surface area contributed by atoms with Gasteiger partial charge in [0, 0.05) is 29.8 Å². The van der Waals surface area contributed by atoms with E-state index in [0.29, 0.717) is 30.9 Å². The van der Waals surface area contributed by atoms with Gasteiger partial charge in [-0.25, -0.2) is 18.0 Å². The normalized spacial score (nSPS) is 17.0. The molecule has 0 spiro atoms. The van der Waals surface area contributed by atoms with E-state index in [0.717, 1.165) is 29.2 Å². The number of urea groups is 1. The summed E-state index contributed by atoms with van der Waals surface area (Å²) in [5.74, 6) is -1.40. The van der Waals surface area contributed by atoms with E-state index < -0.39 is 29.2 Å². The smallest absolute Gasteiger partial charge is 0.316 e. The highest BCUT2D eigenvalue weighted by Gasteiger charge is 2.22. The second-order valence-electron chi connectivity index (χ2n) is 8.56. The number of carbonyl (C=O) groups excluding carboxylic acids is 2. The van der Waals surface area contributed by atoms with Gasteiger partial charge < -0.3 is 21.1 Å². The van der Waals surface area contributed by atoms with Crippen LogP contribution in [0.1, 0.15) is 50.2 Å². The number of hydrogen-bond acceptors (Lipinski definition) is 3. The number of benzene rings is 2. The van der Waals surface area contributed by atoms with Crippen molar-refractivity contribution in [2.75, 3.05) is 5.32 Å². The van der Waals surface area contributed by atoms with Crippen LogP contribution in [0.2, 0.25) is 0 Å². The van der Waals surface area contributed by atoms with Gasteiger partial charge in [-0.05, 0) is 61.4 Å². The molecule has 0 fully saturated rings. The van der Waals surface area contributed by atoms with Crippen LogP contribution < -0.4 is 21.1 Å². The molecule has 0 saturated carbocycles. The topological polar surface area (TPSA) is 93.4 Å². The molecule has 3 amide bonds. The molecule has 0 saturated heterocycles. The molecule has 1 unspecified atom stereocenters. The lowest BCUT2D eigenvalue weighted by atomic mass is 10.0. The summed E-state index contributed by atoms with van der Waals surface area (Å²) in [6.45, 7) is 7.96. The third-order valence-corrected chi connectivity index (χ3v) is 5.94. The third kappa shape index (κ3) is 6.56. The first-order chi connectivity index (χ1) is 17.1. The predicted molar refractivity (Wildman–Crippen MR) is 132 cm³/mol. The van der Waals surface area contributed by atoms with Crippen LogP contribution in [-0.2, 0) is 11.2 Å². The van der Waals surface area contributed by atoms with Crippen molar-refractivity contribution in [3.8, 4) is 5.75 Å². The number of nitrogens with two attached hydrogens (primary N) is 1. The van der Waals surface area contributed by atoms with Gasteiger partial charge in [0.15, 0.2) is 11.6 Å². The number of carbonyl (C=O) groups is 2. The number of fused-ring (bicyclic) bond motifs is 1. The Morgan fingerprint density at radius 3 is 2.53 bits per heavy atom. The lowest BCUT2D eigenvalue weighted by Gasteiger charge is -2.21. The molecule has 4 rings (SSSR count). The van der Waals surface area contributed by atoms with Crippen LogP contribution in [0.4, 0.5) is 23.7 Å². The van der Waals surface area contributed by atoms with Crippen molar-refractivity contribution in [2.45, 2.75) is 45.4 Å². The molecule has 1 aliphatic heterocycles. The van der Waals surface area contributed by atoms with Crippen molar-refractivity contribution in [3.63, 3.8) is 0 Å². The minimum Gasteiger partial charge on any atom is -0.457 e. The fourth-order valence-electron chi connectivity index (χ4n) is 4.11. The molecule has 36 heavy (non-hydrogen) atoms. The number of halogens is 3. The zero-order chi connectivity index (χ0) is 26.4. The lowest BCUT2D eigenvalue weighted by Crippen LogP contribution is -2.27. The zero-order valence-electron chi connectivity index (χ0n) is 20.1. The van der Waals surface area contributed by atoms with E-state index in [9.17, 15) is 22.8 Å². The van der Waals surface area contributed by atoms with E-state index in [4.69, 9.17) is 4.74 Å². The predicted octanol–water partition coefficient (Wildman–Crippen LogP) is 5.96. The SMILES string of the molecule is C=C/C=C(/Oc1ccc2c(c1)C(C)CC2)C1=C(C)NC(=O)CC1.NC(=O)Nc1cc(F)c(F)cc1F. The maximum atomic E-state index is 12.7. The van der Waals surface area contributed by atoms with Crippen LogP contribution in [0.15, 0.2) is 66.1 Å². The number of ether oxygens (including phenoxy) is 1. The van der Waals surface area contributed by atoms with E-state index in [1.54, 1.807) is 11.4 Å². The summed E-state index contributed by atoms with van der Waals surface area (Å²) in [6, 6.07) is 6.14. The lowest BCUT2D eigenvalue weighted by molar-refractivity contribution is -0.120. The number of rotatable bonds is 5. The second-order valence-corrected chi connectivity index (χ2v) is 8.56. The highest BCUT2D eigenvalue weighted by molar-refractivity contribution is 5.87. The minimum atomic E-state index is -1.33. The first-order valence-corrected chi connectivity index (χ1v) is 11.4. The third-order valence-electron chi connectivity index (χ3n) is 5.94. The highest BCUT2D eigenvalue weighted by atomic mass is 19.2. The van der Waals surface area contributed by atoms with Crippen molar-refractivity contribution in [3.05, 3.63) is 94.7 Å². The number of hydrogen-bond donors (Lipinski definition) is 3. The minimum absolute atomic E-state index is 0.0653. The first-order valence-electron chi connectivity index (χ1n) is 11.4. The van der Waals surface area contributed by atoms with Crippen LogP contribution in [0.25, 0.3) is 0 Å². The molecule has 9 heteroatoms. The summed E-state index contributed by atoms with van der Waals surface area (Å²) in [7, 11) is 0. The van der Waals surface area contributed by atoms with Gasteiger partial charge in [-0.15, -0.1) is 0 Å². The Balaban J connectivity index is 0.000000236. The molecule has 1 heterocycles. The maximum Gasteiger partial charge on any atom is 0.316 e. The molecule has 1 atom stereocenters. The van der Waals surface area contributed by atoms with Crippen molar-refractivity contribution in [1.29, 1.82) is 0 Å². The Morgan fingerprint density at radius 2 is 1.86 bits per heavy atom. The Labute approximate surface area is 207 Å². The van der Waals surface area contributed by atoms with E-state index in [-0.39, 0.29) is 5.91 Å². The van der Waals surface area contributed by atoms with Gasteiger partial charge in [-0.1, -0.05) is 25.6 Å². The van der Waals surface area contributed by atoms with Crippen molar-refractivity contribution < 1.29 is 27.5 Å². The molecule has 0 aromatic heterocycles. The molecule has 1 aliphatic carbocycles. The molecular formula is C27H28F3N3O3. The van der Waals surface area contributed by atoms with Crippen LogP contribution in [0, 0.1) is 17.5 Å². The van der Waals surface area contributed by atoms with E-state index in [2.05, 4.69) is 36.7 Å². The molecule has 0 radical (unpaired) electrons. The molecule has 190 valence electrons. The molecular weight excluding hydrogens is 471 g/mol. The largest absolute Gasteiger partial charge is 0.457 e. The Kier molecular flexibility index (Phi) is 8.58. The summed E-state index contributed by atoms with van der Waals surface area (Å²) >= 11 is 0. The standard InChI is InChI=1S/C20H23NO2.C7H5F3N2O/c1-4-5-19(17-10-11-20(22)21-14(17)3)23-16-9-8-15-7-6-13(2)18(15)12-16;8-3-1-5(10)6(2-4(3)9)12-7(11)13/h4-5,8-9,12-13H,1,6-7,10-11H2,2-3H3,(H,21,22);1-2H,(H3,11,12,13)/b19-5+;. The van der Waals surface area contributed by atoms with Crippen molar-refractivity contribution >= 4 is 17.6 Å². The van der Waals surface area contributed by atoms with Crippen LogP contribution in [0.3, 0.4) is 0 Å². The fourth-order valence-corrected chi connectivity index (χ4v) is 4.11. The van der Waals surface area contributed by atoms with Crippen molar-refractivity contribution in [2.24, 2.45) is 5.73 Å². The van der Waals surface area contributed by atoms with Gasteiger partial charge in [-0.2, -0.15) is 0 Å². The Hall–Kier alpha value is -4.01. The van der Waals surface area contributed by atoms with E-state index in [1.165, 1.54) is 17.5 Å². The Bertz CT molecular complexity index is 1250. The summed E-state index contributed by atoms with van der Waals surface area (Å²) in [6.07, 6.45) is 7.15. The summed E-state index contributed by atoms with van der Waals surface area (Å²) in [5, 5.41) is 4.69. The van der Waals surface area contributed by atoms with Crippen LogP contribution in [-0.4, -0.2) is 11.9 Å². The zero-order valence-corrected chi connectivity index (χ0v) is 20.1. The number of primary amides is 1.